The van der Waals surface area contributed by atoms with Crippen molar-refractivity contribution in [1.29, 1.82) is 0 Å². The predicted molar refractivity (Wildman–Crippen MR) is 102 cm³/mol. The Morgan fingerprint density at radius 2 is 1.78 bits per heavy atom. The summed E-state index contributed by atoms with van der Waals surface area (Å²) in [6.07, 6.45) is 1.65. The van der Waals surface area contributed by atoms with Gasteiger partial charge in [0.15, 0.2) is 11.0 Å². The molecular weight excluding hydrogens is 362 g/mol. The molecule has 0 aliphatic rings. The monoisotopic (exact) mass is 381 g/mol. The van der Waals surface area contributed by atoms with E-state index in [1.807, 2.05) is 62.7 Å². The number of aromatic nitrogens is 5. The molecule has 27 heavy (non-hydrogen) atoms. The van der Waals surface area contributed by atoms with Crippen molar-refractivity contribution in [1.82, 2.24) is 25.0 Å². The minimum atomic E-state index is -0.0575. The van der Waals surface area contributed by atoms with E-state index >= 15 is 0 Å². The summed E-state index contributed by atoms with van der Waals surface area (Å²) in [5, 5.41) is 17.7. The number of nitrogens with zero attached hydrogens (tertiary/aromatic N) is 5. The normalized spacial score (nSPS) is 12.4. The van der Waals surface area contributed by atoms with Gasteiger partial charge in [-0.2, -0.15) is 0 Å². The molecular formula is C19H19N5O2S. The van der Waals surface area contributed by atoms with Crippen LogP contribution in [-0.4, -0.2) is 25.0 Å². The van der Waals surface area contributed by atoms with Gasteiger partial charge in [0.25, 0.3) is 0 Å². The highest BCUT2D eigenvalue weighted by molar-refractivity contribution is 7.99. The van der Waals surface area contributed by atoms with E-state index in [2.05, 4.69) is 20.4 Å². The zero-order chi connectivity index (χ0) is 19.0. The Morgan fingerprint density at radius 1 is 1.00 bits per heavy atom. The summed E-state index contributed by atoms with van der Waals surface area (Å²) >= 11 is 1.52. The maximum Gasteiger partial charge on any atom is 0.247 e. The van der Waals surface area contributed by atoms with Crippen LogP contribution in [0.2, 0.25) is 0 Å². The number of benzene rings is 1. The summed E-state index contributed by atoms with van der Waals surface area (Å²) in [6, 6.07) is 9.90. The van der Waals surface area contributed by atoms with E-state index in [9.17, 15) is 0 Å². The Bertz CT molecular complexity index is 1060. The third kappa shape index (κ3) is 3.40. The van der Waals surface area contributed by atoms with Crippen LogP contribution in [0.25, 0.3) is 22.8 Å². The topological polar surface area (TPSA) is 82.8 Å². The number of furan rings is 1. The first-order valence-corrected chi connectivity index (χ1v) is 9.42. The van der Waals surface area contributed by atoms with Gasteiger partial charge in [0, 0.05) is 12.6 Å². The Labute approximate surface area is 160 Å². The summed E-state index contributed by atoms with van der Waals surface area (Å²) in [7, 11) is 1.93. The van der Waals surface area contributed by atoms with Crippen molar-refractivity contribution in [2.45, 2.75) is 31.2 Å². The van der Waals surface area contributed by atoms with Gasteiger partial charge in [0.2, 0.25) is 11.8 Å². The van der Waals surface area contributed by atoms with E-state index in [4.69, 9.17) is 8.83 Å². The Balaban J connectivity index is 1.53. The molecule has 1 unspecified atom stereocenters. The van der Waals surface area contributed by atoms with Crippen LogP contribution in [-0.2, 0) is 7.05 Å². The molecule has 0 spiro atoms. The van der Waals surface area contributed by atoms with Crippen LogP contribution in [0.15, 0.2) is 50.6 Å². The van der Waals surface area contributed by atoms with Crippen molar-refractivity contribution in [3.8, 4) is 22.8 Å². The van der Waals surface area contributed by atoms with Crippen LogP contribution in [0.5, 0.6) is 0 Å². The van der Waals surface area contributed by atoms with E-state index in [-0.39, 0.29) is 5.25 Å². The molecule has 0 aliphatic heterocycles. The number of thioether (sulfide) groups is 1. The Kier molecular flexibility index (Phi) is 4.57. The van der Waals surface area contributed by atoms with E-state index in [1.165, 1.54) is 17.3 Å². The molecule has 138 valence electrons. The lowest BCUT2D eigenvalue weighted by Gasteiger charge is -2.06. The fourth-order valence-corrected chi connectivity index (χ4v) is 3.53. The van der Waals surface area contributed by atoms with E-state index in [0.29, 0.717) is 11.8 Å². The van der Waals surface area contributed by atoms with Gasteiger partial charge in [0.1, 0.15) is 5.76 Å². The SMILES string of the molecule is Cc1ccc(-c2nnc(C(C)Sc3nnc(-c4ccoc4C)n3C)o2)cc1. The van der Waals surface area contributed by atoms with Crippen LogP contribution in [0.1, 0.15) is 29.4 Å². The molecule has 4 rings (SSSR count). The lowest BCUT2D eigenvalue weighted by molar-refractivity contribution is 0.508. The highest BCUT2D eigenvalue weighted by Gasteiger charge is 2.21. The smallest absolute Gasteiger partial charge is 0.247 e. The average molecular weight is 381 g/mol. The van der Waals surface area contributed by atoms with Crippen LogP contribution in [0, 0.1) is 13.8 Å². The molecule has 7 nitrogen and oxygen atoms in total. The summed E-state index contributed by atoms with van der Waals surface area (Å²) < 4.78 is 13.2. The zero-order valence-electron chi connectivity index (χ0n) is 15.5. The molecule has 0 amide bonds. The van der Waals surface area contributed by atoms with Gasteiger partial charge in [-0.3, -0.25) is 0 Å². The third-order valence-corrected chi connectivity index (χ3v) is 5.43. The molecule has 1 atom stereocenters. The van der Waals surface area contributed by atoms with Crippen molar-refractivity contribution in [2.75, 3.05) is 0 Å². The second-order valence-corrected chi connectivity index (χ2v) is 7.64. The molecule has 0 N–H and O–H groups in total. The molecule has 0 saturated carbocycles. The number of rotatable bonds is 5. The number of aryl methyl sites for hydroxylation is 2. The number of hydrogen-bond acceptors (Lipinski definition) is 7. The molecule has 1 aromatic carbocycles. The van der Waals surface area contributed by atoms with E-state index in [1.54, 1.807) is 6.26 Å². The molecule has 3 heterocycles. The predicted octanol–water partition coefficient (Wildman–Crippen LogP) is 4.60. The maximum absolute atomic E-state index is 5.87. The molecule has 0 aliphatic carbocycles. The van der Waals surface area contributed by atoms with Crippen LogP contribution < -0.4 is 0 Å². The van der Waals surface area contributed by atoms with E-state index in [0.717, 1.165) is 27.9 Å². The molecule has 0 radical (unpaired) electrons. The van der Waals surface area contributed by atoms with E-state index < -0.39 is 0 Å². The summed E-state index contributed by atoms with van der Waals surface area (Å²) in [6.45, 7) is 5.96. The van der Waals surface area contributed by atoms with Gasteiger partial charge in [-0.25, -0.2) is 0 Å². The second-order valence-electron chi connectivity index (χ2n) is 6.33. The van der Waals surface area contributed by atoms with Gasteiger partial charge in [-0.15, -0.1) is 20.4 Å². The van der Waals surface area contributed by atoms with Crippen molar-refractivity contribution < 1.29 is 8.83 Å². The minimum Gasteiger partial charge on any atom is -0.469 e. The molecule has 0 saturated heterocycles. The van der Waals surface area contributed by atoms with Crippen molar-refractivity contribution >= 4 is 11.8 Å². The third-order valence-electron chi connectivity index (χ3n) is 4.30. The summed E-state index contributed by atoms with van der Waals surface area (Å²) in [4.78, 5) is 0. The molecule has 0 bridgehead atoms. The average Bonchev–Trinajstić information content (AvgIpc) is 3.37. The molecule has 3 aromatic heterocycles. The van der Waals surface area contributed by atoms with Crippen molar-refractivity contribution in [3.05, 3.63) is 53.8 Å². The fourth-order valence-electron chi connectivity index (χ4n) is 2.69. The lowest BCUT2D eigenvalue weighted by atomic mass is 10.1. The van der Waals surface area contributed by atoms with Gasteiger partial charge in [-0.1, -0.05) is 29.5 Å². The zero-order valence-corrected chi connectivity index (χ0v) is 16.3. The molecule has 0 fully saturated rings. The molecule has 4 aromatic rings. The fraction of sp³-hybridized carbons (Fsp3) is 0.263. The standard InChI is InChI=1S/C19H19N5O2S/c1-11-5-7-14(8-6-11)18-22-21-17(26-18)13(3)27-19-23-20-16(24(19)4)15-9-10-25-12(15)2/h5-10,13H,1-4H3. The van der Waals surface area contributed by atoms with Crippen LogP contribution in [0.3, 0.4) is 0 Å². The second kappa shape index (κ2) is 7.03. The van der Waals surface area contributed by atoms with Crippen LogP contribution >= 0.6 is 11.8 Å². The quantitative estimate of drug-likeness (QED) is 0.467. The van der Waals surface area contributed by atoms with Crippen molar-refractivity contribution in [2.24, 2.45) is 7.05 Å². The Morgan fingerprint density at radius 3 is 2.48 bits per heavy atom. The van der Waals surface area contributed by atoms with Gasteiger partial charge < -0.3 is 13.4 Å². The first-order chi connectivity index (χ1) is 13.0. The highest BCUT2D eigenvalue weighted by atomic mass is 32.2. The molecule has 8 heteroatoms. The van der Waals surface area contributed by atoms with Crippen LogP contribution in [0.4, 0.5) is 0 Å². The van der Waals surface area contributed by atoms with Crippen molar-refractivity contribution in [3.63, 3.8) is 0 Å². The maximum atomic E-state index is 5.87. The number of hydrogen-bond donors (Lipinski definition) is 0. The first kappa shape index (κ1) is 17.5. The summed E-state index contributed by atoms with van der Waals surface area (Å²) in [5.74, 6) is 2.65. The lowest BCUT2D eigenvalue weighted by Crippen LogP contribution is -1.97. The first-order valence-electron chi connectivity index (χ1n) is 8.54. The Hall–Kier alpha value is -2.87. The van der Waals surface area contributed by atoms with Gasteiger partial charge in [-0.05, 0) is 39.0 Å². The largest absolute Gasteiger partial charge is 0.469 e. The van der Waals surface area contributed by atoms with Gasteiger partial charge in [0.05, 0.1) is 17.1 Å². The summed E-state index contributed by atoms with van der Waals surface area (Å²) in [5.41, 5.74) is 3.03. The minimum absolute atomic E-state index is 0.0575. The highest BCUT2D eigenvalue weighted by Crippen LogP contribution is 2.35. The van der Waals surface area contributed by atoms with Gasteiger partial charge >= 0.3 is 0 Å².